The van der Waals surface area contributed by atoms with Gasteiger partial charge in [-0.05, 0) is 13.3 Å². The van der Waals surface area contributed by atoms with Gasteiger partial charge in [-0.1, -0.05) is 129 Å². The van der Waals surface area contributed by atoms with Crippen LogP contribution in [0.1, 0.15) is 110 Å². The maximum atomic E-state index is 11.7. The molecule has 0 aromatic rings. The lowest BCUT2D eigenvalue weighted by Crippen LogP contribution is -2.27. The van der Waals surface area contributed by atoms with E-state index in [1.54, 1.807) is 0 Å². The largest absolute Gasteiger partial charge is 0.464 e. The number of esters is 1. The van der Waals surface area contributed by atoms with Gasteiger partial charge >= 0.3 is 5.97 Å². The van der Waals surface area contributed by atoms with Crippen LogP contribution in [-0.2, 0) is 9.53 Å². The summed E-state index contributed by atoms with van der Waals surface area (Å²) in [5, 5.41) is 0. The van der Waals surface area contributed by atoms with Crippen LogP contribution in [-0.4, -0.2) is 15.8 Å². The Hall–Kier alpha value is 0.430. The van der Waals surface area contributed by atoms with E-state index in [0.717, 1.165) is 12.8 Å². The SMILES string of the molecule is CCCCCCCCCCCCCCCCC(Br)(Br)C(=O)OCC. The highest BCUT2D eigenvalue weighted by Gasteiger charge is 2.33. The average molecular weight is 470 g/mol. The highest BCUT2D eigenvalue weighted by atomic mass is 79.9. The second-order valence-electron chi connectivity index (χ2n) is 6.77. The summed E-state index contributed by atoms with van der Waals surface area (Å²) in [5.74, 6) is -0.209. The molecule has 0 aliphatic rings. The van der Waals surface area contributed by atoms with Gasteiger partial charge in [-0.25, -0.2) is 4.79 Å². The number of carbonyl (C=O) groups is 1. The Morgan fingerprint density at radius 2 is 1.08 bits per heavy atom. The zero-order valence-electron chi connectivity index (χ0n) is 15.9. The van der Waals surface area contributed by atoms with Gasteiger partial charge in [-0.15, -0.1) is 0 Å². The van der Waals surface area contributed by atoms with Crippen molar-refractivity contribution in [2.45, 2.75) is 113 Å². The molecule has 0 aliphatic carbocycles. The van der Waals surface area contributed by atoms with Crippen LogP contribution >= 0.6 is 31.9 Å². The monoisotopic (exact) mass is 468 g/mol. The number of rotatable bonds is 17. The van der Waals surface area contributed by atoms with Gasteiger partial charge in [0, 0.05) is 0 Å². The van der Waals surface area contributed by atoms with E-state index in [9.17, 15) is 4.79 Å². The molecule has 0 atom stereocenters. The fourth-order valence-electron chi connectivity index (χ4n) is 2.88. The van der Waals surface area contributed by atoms with Crippen LogP contribution < -0.4 is 0 Å². The van der Waals surface area contributed by atoms with E-state index in [-0.39, 0.29) is 5.97 Å². The summed E-state index contributed by atoms with van der Waals surface area (Å²) in [5.41, 5.74) is 0. The number of hydrogen-bond donors (Lipinski definition) is 0. The lowest BCUT2D eigenvalue weighted by atomic mass is 10.0. The van der Waals surface area contributed by atoms with Crippen molar-refractivity contribution < 1.29 is 9.53 Å². The molecule has 0 heterocycles. The summed E-state index contributed by atoms with van der Waals surface area (Å²) in [4.78, 5) is 11.7. The van der Waals surface area contributed by atoms with Gasteiger partial charge in [-0.3, -0.25) is 0 Å². The van der Waals surface area contributed by atoms with E-state index in [1.165, 1.54) is 83.5 Å². The van der Waals surface area contributed by atoms with Gasteiger partial charge in [0.25, 0.3) is 0 Å². The van der Waals surface area contributed by atoms with E-state index < -0.39 is 3.23 Å². The van der Waals surface area contributed by atoms with Crippen molar-refractivity contribution >= 4 is 37.8 Å². The third kappa shape index (κ3) is 14.7. The summed E-state index contributed by atoms with van der Waals surface area (Å²) in [6, 6.07) is 0. The van der Waals surface area contributed by atoms with E-state index in [0.29, 0.717) is 6.61 Å². The van der Waals surface area contributed by atoms with Crippen LogP contribution in [0.25, 0.3) is 0 Å². The fraction of sp³-hybridized carbons (Fsp3) is 0.950. The molecule has 0 radical (unpaired) electrons. The number of alkyl halides is 2. The van der Waals surface area contributed by atoms with Crippen molar-refractivity contribution in [3.05, 3.63) is 0 Å². The first-order valence-corrected chi connectivity index (χ1v) is 11.7. The molecule has 144 valence electrons. The topological polar surface area (TPSA) is 26.3 Å². The van der Waals surface area contributed by atoms with Crippen molar-refractivity contribution in [1.29, 1.82) is 0 Å². The second kappa shape index (κ2) is 16.9. The minimum atomic E-state index is -0.687. The number of hydrogen-bond acceptors (Lipinski definition) is 2. The second-order valence-corrected chi connectivity index (χ2v) is 10.5. The fourth-order valence-corrected chi connectivity index (χ4v) is 3.67. The predicted octanol–water partition coefficient (Wildman–Crippen LogP) is 7.91. The number of ether oxygens (including phenoxy) is 1. The van der Waals surface area contributed by atoms with Gasteiger partial charge in [0.1, 0.15) is 0 Å². The Morgan fingerprint density at radius 1 is 0.708 bits per heavy atom. The van der Waals surface area contributed by atoms with Gasteiger partial charge in [0.15, 0.2) is 3.23 Å². The van der Waals surface area contributed by atoms with E-state index >= 15 is 0 Å². The molecular weight excluding hydrogens is 432 g/mol. The highest BCUT2D eigenvalue weighted by Crippen LogP contribution is 2.34. The van der Waals surface area contributed by atoms with Crippen LogP contribution in [0.15, 0.2) is 0 Å². The molecule has 0 aromatic carbocycles. The highest BCUT2D eigenvalue weighted by molar-refractivity contribution is 9.25. The van der Waals surface area contributed by atoms with Crippen LogP contribution in [0.3, 0.4) is 0 Å². The molecule has 0 N–H and O–H groups in total. The Kier molecular flexibility index (Phi) is 17.2. The summed E-state index contributed by atoms with van der Waals surface area (Å²) in [7, 11) is 0. The molecule has 0 spiro atoms. The Labute approximate surface area is 167 Å². The van der Waals surface area contributed by atoms with Crippen LogP contribution in [0.2, 0.25) is 0 Å². The van der Waals surface area contributed by atoms with E-state index in [1.807, 2.05) is 6.92 Å². The summed E-state index contributed by atoms with van der Waals surface area (Å²) in [6.45, 7) is 4.54. The molecule has 2 nitrogen and oxygen atoms in total. The molecule has 0 bridgehead atoms. The van der Waals surface area contributed by atoms with Crippen LogP contribution in [0.5, 0.6) is 0 Å². The normalized spacial score (nSPS) is 11.7. The molecule has 0 aliphatic heterocycles. The van der Waals surface area contributed by atoms with E-state index in [2.05, 4.69) is 38.8 Å². The molecule has 24 heavy (non-hydrogen) atoms. The molecular formula is C20H38Br2O2. The van der Waals surface area contributed by atoms with Crippen molar-refractivity contribution in [3.63, 3.8) is 0 Å². The predicted molar refractivity (Wildman–Crippen MR) is 112 cm³/mol. The number of unbranched alkanes of at least 4 members (excludes halogenated alkanes) is 13. The molecule has 0 saturated carbocycles. The average Bonchev–Trinajstić information content (AvgIpc) is 2.55. The van der Waals surface area contributed by atoms with Crippen molar-refractivity contribution in [2.24, 2.45) is 0 Å². The van der Waals surface area contributed by atoms with Gasteiger partial charge in [0.2, 0.25) is 0 Å². The Morgan fingerprint density at radius 3 is 1.46 bits per heavy atom. The number of carbonyl (C=O) groups excluding carboxylic acids is 1. The minimum absolute atomic E-state index is 0.209. The first kappa shape index (κ1) is 24.4. The van der Waals surface area contributed by atoms with Gasteiger partial charge in [-0.2, -0.15) is 0 Å². The smallest absolute Gasteiger partial charge is 0.333 e. The third-order valence-electron chi connectivity index (χ3n) is 4.42. The standard InChI is InChI=1S/C20H38Br2O2/c1-3-5-6-7-8-9-10-11-12-13-14-15-16-17-18-20(21,22)19(23)24-4-2/h3-18H2,1-2H3. The lowest BCUT2D eigenvalue weighted by Gasteiger charge is -2.18. The quantitative estimate of drug-likeness (QED) is 0.123. The molecule has 0 fully saturated rings. The first-order valence-electron chi connectivity index (χ1n) is 10.1. The van der Waals surface area contributed by atoms with Crippen LogP contribution in [0, 0.1) is 0 Å². The van der Waals surface area contributed by atoms with Gasteiger partial charge < -0.3 is 4.74 Å². The maximum Gasteiger partial charge on any atom is 0.333 e. The van der Waals surface area contributed by atoms with Crippen molar-refractivity contribution in [2.75, 3.05) is 6.61 Å². The molecule has 4 heteroatoms. The Balaban J connectivity index is 3.29. The Bertz CT molecular complexity index is 293. The maximum absolute atomic E-state index is 11.7. The first-order chi connectivity index (χ1) is 11.5. The minimum Gasteiger partial charge on any atom is -0.464 e. The van der Waals surface area contributed by atoms with E-state index in [4.69, 9.17) is 4.74 Å². The molecule has 0 saturated heterocycles. The summed E-state index contributed by atoms with van der Waals surface area (Å²) >= 11 is 6.86. The van der Waals surface area contributed by atoms with Crippen LogP contribution in [0.4, 0.5) is 0 Å². The molecule has 0 aromatic heterocycles. The zero-order valence-corrected chi connectivity index (χ0v) is 19.1. The zero-order chi connectivity index (χ0) is 18.1. The molecule has 0 rings (SSSR count). The number of halogens is 2. The molecule has 0 unspecified atom stereocenters. The van der Waals surface area contributed by atoms with Crippen molar-refractivity contribution in [3.8, 4) is 0 Å². The van der Waals surface area contributed by atoms with Crippen molar-refractivity contribution in [1.82, 2.24) is 0 Å². The summed E-state index contributed by atoms with van der Waals surface area (Å²) < 4.78 is 4.36. The lowest BCUT2D eigenvalue weighted by molar-refractivity contribution is -0.143. The summed E-state index contributed by atoms with van der Waals surface area (Å²) in [6.07, 6.45) is 19.7. The van der Waals surface area contributed by atoms with Gasteiger partial charge in [0.05, 0.1) is 6.61 Å². The molecule has 0 amide bonds. The third-order valence-corrected chi connectivity index (χ3v) is 5.86.